The molecule has 38 heavy (non-hydrogen) atoms. The SMILES string of the molecule is C=C1CC(COOCCCCC2CO2)C(C)C(C(=O)OCCCCC2CO2)C1C(=O)OCCCCC1CO1. The van der Waals surface area contributed by atoms with Gasteiger partial charge in [0.2, 0.25) is 0 Å². The quantitative estimate of drug-likeness (QED) is 0.0563. The van der Waals surface area contributed by atoms with Crippen molar-refractivity contribution in [2.75, 3.05) is 46.2 Å². The van der Waals surface area contributed by atoms with Crippen LogP contribution in [0.1, 0.15) is 71.1 Å². The fourth-order valence-electron chi connectivity index (χ4n) is 5.29. The van der Waals surface area contributed by atoms with Crippen molar-refractivity contribution in [3.63, 3.8) is 0 Å². The molecule has 3 aliphatic heterocycles. The summed E-state index contributed by atoms with van der Waals surface area (Å²) < 4.78 is 27.0. The Balaban J connectivity index is 1.24. The van der Waals surface area contributed by atoms with Crippen molar-refractivity contribution in [3.8, 4) is 0 Å². The third-order valence-corrected chi connectivity index (χ3v) is 8.07. The number of rotatable bonds is 20. The first-order valence-corrected chi connectivity index (χ1v) is 14.6. The van der Waals surface area contributed by atoms with Crippen LogP contribution in [0.15, 0.2) is 12.2 Å². The van der Waals surface area contributed by atoms with Crippen molar-refractivity contribution in [2.24, 2.45) is 23.7 Å². The first kappa shape index (κ1) is 29.5. The van der Waals surface area contributed by atoms with Gasteiger partial charge in [-0.1, -0.05) is 19.1 Å². The lowest BCUT2D eigenvalue weighted by Crippen LogP contribution is -2.45. The first-order valence-electron chi connectivity index (χ1n) is 14.6. The summed E-state index contributed by atoms with van der Waals surface area (Å²) in [6.45, 7) is 10.3. The zero-order valence-electron chi connectivity index (χ0n) is 22.9. The lowest BCUT2D eigenvalue weighted by molar-refractivity contribution is -0.304. The van der Waals surface area contributed by atoms with Gasteiger partial charge in [-0.2, -0.15) is 0 Å². The summed E-state index contributed by atoms with van der Waals surface area (Å²) in [7, 11) is 0. The lowest BCUT2D eigenvalue weighted by atomic mass is 9.65. The van der Waals surface area contributed by atoms with Crippen LogP contribution < -0.4 is 0 Å². The molecule has 3 heterocycles. The molecule has 0 aromatic rings. The van der Waals surface area contributed by atoms with E-state index in [1.54, 1.807) is 0 Å². The molecule has 0 aromatic heterocycles. The van der Waals surface area contributed by atoms with E-state index in [0.717, 1.165) is 77.6 Å². The molecule has 4 rings (SSSR count). The van der Waals surface area contributed by atoms with Crippen LogP contribution in [0.2, 0.25) is 0 Å². The van der Waals surface area contributed by atoms with Gasteiger partial charge in [-0.25, -0.2) is 9.78 Å². The van der Waals surface area contributed by atoms with E-state index in [9.17, 15) is 9.59 Å². The Labute approximate surface area is 226 Å². The van der Waals surface area contributed by atoms with E-state index in [1.807, 2.05) is 6.92 Å². The average Bonchev–Trinajstić information content (AvgIpc) is 3.74. The van der Waals surface area contributed by atoms with E-state index >= 15 is 0 Å². The zero-order chi connectivity index (χ0) is 26.7. The van der Waals surface area contributed by atoms with E-state index < -0.39 is 11.8 Å². The highest BCUT2D eigenvalue weighted by Gasteiger charge is 2.48. The standard InChI is InChI=1S/C29H46O9/c1-20-15-22(16-38-37-14-8-5-11-25-19-36-25)21(2)27(29(31)33-13-7-4-10-24-18-35-24)26(20)28(30)32-12-6-3-9-23-17-34-23/h21-27H,1,3-19H2,2H3. The Hall–Kier alpha value is -1.52. The highest BCUT2D eigenvalue weighted by Crippen LogP contribution is 2.43. The Bertz CT molecular complexity index is 759. The van der Waals surface area contributed by atoms with Gasteiger partial charge >= 0.3 is 11.9 Å². The van der Waals surface area contributed by atoms with Gasteiger partial charge in [-0.3, -0.25) is 9.59 Å². The molecule has 7 unspecified atom stereocenters. The van der Waals surface area contributed by atoms with Gasteiger partial charge < -0.3 is 23.7 Å². The van der Waals surface area contributed by atoms with Crippen LogP contribution in [0.3, 0.4) is 0 Å². The predicted molar refractivity (Wildman–Crippen MR) is 138 cm³/mol. The smallest absolute Gasteiger partial charge is 0.313 e. The largest absolute Gasteiger partial charge is 0.465 e. The minimum Gasteiger partial charge on any atom is -0.465 e. The number of carbonyl (C=O) groups is 2. The highest BCUT2D eigenvalue weighted by atomic mass is 17.2. The molecule has 9 nitrogen and oxygen atoms in total. The molecule has 4 aliphatic rings. The molecule has 4 fully saturated rings. The van der Waals surface area contributed by atoms with Gasteiger partial charge in [-0.05, 0) is 76.0 Å². The fraction of sp³-hybridized carbons (Fsp3) is 0.862. The normalized spacial score (nSPS) is 31.6. The molecule has 1 aliphatic carbocycles. The van der Waals surface area contributed by atoms with E-state index in [0.29, 0.717) is 56.7 Å². The van der Waals surface area contributed by atoms with Gasteiger partial charge in [0.05, 0.1) is 76.4 Å². The predicted octanol–water partition coefficient (Wildman–Crippen LogP) is 4.17. The maximum absolute atomic E-state index is 13.3. The Morgan fingerprint density at radius 2 is 1.26 bits per heavy atom. The topological polar surface area (TPSA) is 109 Å². The van der Waals surface area contributed by atoms with Crippen molar-refractivity contribution in [3.05, 3.63) is 12.2 Å². The van der Waals surface area contributed by atoms with Crippen LogP contribution in [0.25, 0.3) is 0 Å². The molecule has 0 N–H and O–H groups in total. The molecule has 3 saturated heterocycles. The molecular weight excluding hydrogens is 492 g/mol. The molecule has 0 amide bonds. The zero-order valence-corrected chi connectivity index (χ0v) is 22.9. The molecule has 0 bridgehead atoms. The third-order valence-electron chi connectivity index (χ3n) is 8.07. The molecule has 0 aromatic carbocycles. The van der Waals surface area contributed by atoms with Crippen LogP contribution in [-0.2, 0) is 43.0 Å². The second-order valence-electron chi connectivity index (χ2n) is 11.3. The number of esters is 2. The van der Waals surface area contributed by atoms with Gasteiger partial charge in [0.1, 0.15) is 0 Å². The van der Waals surface area contributed by atoms with E-state index in [4.69, 9.17) is 33.5 Å². The number of hydrogen-bond donors (Lipinski definition) is 0. The van der Waals surface area contributed by atoms with Crippen molar-refractivity contribution in [1.82, 2.24) is 0 Å². The average molecular weight is 539 g/mol. The first-order chi connectivity index (χ1) is 18.5. The Kier molecular flexibility index (Phi) is 11.9. The summed E-state index contributed by atoms with van der Waals surface area (Å²) in [5.41, 5.74) is 0.699. The maximum Gasteiger partial charge on any atom is 0.313 e. The van der Waals surface area contributed by atoms with Gasteiger partial charge in [-0.15, -0.1) is 0 Å². The third kappa shape index (κ3) is 10.2. The van der Waals surface area contributed by atoms with Crippen LogP contribution in [0.4, 0.5) is 0 Å². The van der Waals surface area contributed by atoms with Crippen molar-refractivity contribution in [1.29, 1.82) is 0 Å². The van der Waals surface area contributed by atoms with Crippen molar-refractivity contribution in [2.45, 2.75) is 89.4 Å². The monoisotopic (exact) mass is 538 g/mol. The van der Waals surface area contributed by atoms with Crippen LogP contribution in [0, 0.1) is 23.7 Å². The summed E-state index contributed by atoms with van der Waals surface area (Å²) in [5, 5.41) is 0. The number of ether oxygens (including phenoxy) is 5. The summed E-state index contributed by atoms with van der Waals surface area (Å²) in [6.07, 6.45) is 10.2. The summed E-state index contributed by atoms with van der Waals surface area (Å²) in [5.74, 6) is -2.24. The maximum atomic E-state index is 13.3. The molecular formula is C29H46O9. The minimum absolute atomic E-state index is 0.00507. The number of hydrogen-bond acceptors (Lipinski definition) is 9. The van der Waals surface area contributed by atoms with Gasteiger partial charge in [0, 0.05) is 0 Å². The summed E-state index contributed by atoms with van der Waals surface area (Å²) in [6, 6.07) is 0. The van der Waals surface area contributed by atoms with Crippen LogP contribution in [-0.4, -0.2) is 76.5 Å². The van der Waals surface area contributed by atoms with E-state index in [2.05, 4.69) is 6.58 Å². The van der Waals surface area contributed by atoms with Crippen molar-refractivity contribution < 1.29 is 43.0 Å². The Morgan fingerprint density at radius 1 is 0.763 bits per heavy atom. The Morgan fingerprint density at radius 3 is 1.79 bits per heavy atom. The molecule has 7 atom stereocenters. The molecule has 9 heteroatoms. The summed E-state index contributed by atoms with van der Waals surface area (Å²) >= 11 is 0. The minimum atomic E-state index is -0.703. The van der Waals surface area contributed by atoms with Crippen LogP contribution in [0.5, 0.6) is 0 Å². The second-order valence-corrected chi connectivity index (χ2v) is 11.3. The molecule has 216 valence electrons. The molecule has 0 radical (unpaired) electrons. The van der Waals surface area contributed by atoms with Gasteiger partial charge in [0.15, 0.2) is 0 Å². The molecule has 0 spiro atoms. The van der Waals surface area contributed by atoms with E-state index in [1.165, 1.54) is 0 Å². The van der Waals surface area contributed by atoms with E-state index in [-0.39, 0.29) is 23.8 Å². The lowest BCUT2D eigenvalue weighted by Gasteiger charge is -2.40. The molecule has 1 saturated carbocycles. The van der Waals surface area contributed by atoms with Gasteiger partial charge in [0.25, 0.3) is 0 Å². The fourth-order valence-corrected chi connectivity index (χ4v) is 5.29. The van der Waals surface area contributed by atoms with Crippen LogP contribution >= 0.6 is 0 Å². The summed E-state index contributed by atoms with van der Waals surface area (Å²) in [4.78, 5) is 37.4. The highest BCUT2D eigenvalue weighted by molar-refractivity contribution is 5.85. The number of epoxide rings is 3. The van der Waals surface area contributed by atoms with Crippen molar-refractivity contribution >= 4 is 11.9 Å². The number of carbonyl (C=O) groups excluding carboxylic acids is 2. The number of unbranched alkanes of at least 4 members (excludes halogenated alkanes) is 3. The second kappa shape index (κ2) is 15.3.